The first-order valence-electron chi connectivity index (χ1n) is 6.24. The van der Waals surface area contributed by atoms with Gasteiger partial charge in [-0.1, -0.05) is 6.07 Å². The Morgan fingerprint density at radius 2 is 1.95 bits per heavy atom. The summed E-state index contributed by atoms with van der Waals surface area (Å²) in [6.07, 6.45) is 3.07. The average molecular weight is 268 g/mol. The second-order valence-electron chi connectivity index (χ2n) is 4.23. The van der Waals surface area contributed by atoms with E-state index in [1.54, 1.807) is 37.6 Å². The molecular weight excluding hydrogens is 252 g/mol. The summed E-state index contributed by atoms with van der Waals surface area (Å²) >= 11 is 0. The van der Waals surface area contributed by atoms with E-state index in [0.717, 1.165) is 11.4 Å². The van der Waals surface area contributed by atoms with Crippen molar-refractivity contribution in [1.29, 1.82) is 0 Å². The van der Waals surface area contributed by atoms with Gasteiger partial charge in [-0.2, -0.15) is 0 Å². The number of ether oxygens (including phenoxy) is 1. The van der Waals surface area contributed by atoms with Gasteiger partial charge in [-0.15, -0.1) is 0 Å². The number of rotatable bonds is 5. The number of pyridine rings is 1. The summed E-state index contributed by atoms with van der Waals surface area (Å²) in [7, 11) is 1.59. The number of hydrogen-bond acceptors (Lipinski definition) is 4. The van der Waals surface area contributed by atoms with Crippen LogP contribution in [0, 0.1) is 6.92 Å². The van der Waals surface area contributed by atoms with Gasteiger partial charge in [-0.25, -0.2) is 4.98 Å². The van der Waals surface area contributed by atoms with Crippen LogP contribution in [0.3, 0.4) is 0 Å². The number of aromatic nitrogens is 1. The molecule has 0 fully saturated rings. The molecule has 1 aromatic heterocycles. The minimum absolute atomic E-state index is 0.0761. The van der Waals surface area contributed by atoms with Gasteiger partial charge in [0, 0.05) is 23.5 Å². The molecule has 0 saturated carbocycles. The van der Waals surface area contributed by atoms with E-state index < -0.39 is 0 Å². The van der Waals surface area contributed by atoms with Gasteiger partial charge in [0.25, 0.3) is 0 Å². The first kappa shape index (κ1) is 13.8. The van der Waals surface area contributed by atoms with E-state index in [9.17, 15) is 4.79 Å². The number of hydrogen-bond donors (Lipinski definition) is 1. The van der Waals surface area contributed by atoms with Crippen LogP contribution in [-0.2, 0) is 0 Å². The van der Waals surface area contributed by atoms with Gasteiger partial charge in [0.15, 0.2) is 5.78 Å². The third-order valence-corrected chi connectivity index (χ3v) is 2.73. The average Bonchev–Trinajstić information content (AvgIpc) is 2.47. The molecule has 0 spiro atoms. The highest BCUT2D eigenvalue weighted by Crippen LogP contribution is 2.12. The van der Waals surface area contributed by atoms with E-state index in [1.807, 2.05) is 25.1 Å². The summed E-state index contributed by atoms with van der Waals surface area (Å²) in [5.41, 5.74) is 1.53. The quantitative estimate of drug-likeness (QED) is 0.668. The number of carbonyl (C=O) groups excluding carboxylic acids is 1. The topological polar surface area (TPSA) is 51.2 Å². The van der Waals surface area contributed by atoms with Crippen LogP contribution in [0.15, 0.2) is 54.7 Å². The third-order valence-electron chi connectivity index (χ3n) is 2.73. The van der Waals surface area contributed by atoms with Gasteiger partial charge in [0.1, 0.15) is 11.6 Å². The molecule has 102 valence electrons. The standard InChI is InChI=1S/C16H16N2O2/c1-12-4-3-5-16(18-12)17-11-10-15(19)13-6-8-14(20-2)9-7-13/h3-11H,1-2H3,(H,17,18). The lowest BCUT2D eigenvalue weighted by Gasteiger charge is -2.01. The Hall–Kier alpha value is -2.62. The number of allylic oxidation sites excluding steroid dienone is 1. The second-order valence-corrected chi connectivity index (χ2v) is 4.23. The fraction of sp³-hybridized carbons (Fsp3) is 0.125. The molecule has 0 aliphatic heterocycles. The van der Waals surface area contributed by atoms with Crippen LogP contribution in [0.25, 0.3) is 0 Å². The van der Waals surface area contributed by atoms with Gasteiger partial charge >= 0.3 is 0 Å². The highest BCUT2D eigenvalue weighted by Gasteiger charge is 2.01. The molecule has 20 heavy (non-hydrogen) atoms. The van der Waals surface area contributed by atoms with Crippen molar-refractivity contribution in [1.82, 2.24) is 4.98 Å². The van der Waals surface area contributed by atoms with Crippen LogP contribution in [0.5, 0.6) is 5.75 Å². The number of nitrogens with zero attached hydrogens (tertiary/aromatic N) is 1. The van der Waals surface area contributed by atoms with Crippen molar-refractivity contribution in [2.45, 2.75) is 6.92 Å². The number of carbonyl (C=O) groups is 1. The van der Waals surface area contributed by atoms with E-state index in [2.05, 4.69) is 10.3 Å². The van der Waals surface area contributed by atoms with Crippen molar-refractivity contribution in [3.05, 3.63) is 66.0 Å². The Morgan fingerprint density at radius 3 is 2.60 bits per heavy atom. The summed E-state index contributed by atoms with van der Waals surface area (Å²) in [6.45, 7) is 1.91. The van der Waals surface area contributed by atoms with Gasteiger partial charge in [0.05, 0.1) is 7.11 Å². The monoisotopic (exact) mass is 268 g/mol. The maximum atomic E-state index is 11.9. The molecule has 1 N–H and O–H groups in total. The Labute approximate surface area is 118 Å². The molecule has 4 nitrogen and oxygen atoms in total. The smallest absolute Gasteiger partial charge is 0.187 e. The molecule has 0 radical (unpaired) electrons. The van der Waals surface area contributed by atoms with E-state index in [4.69, 9.17) is 4.74 Å². The van der Waals surface area contributed by atoms with Crippen LogP contribution in [0.2, 0.25) is 0 Å². The number of benzene rings is 1. The molecule has 4 heteroatoms. The lowest BCUT2D eigenvalue weighted by Crippen LogP contribution is -1.97. The molecular formula is C16H16N2O2. The maximum absolute atomic E-state index is 11.9. The lowest BCUT2D eigenvalue weighted by atomic mass is 10.1. The SMILES string of the molecule is COc1ccc(C(=O)C=CNc2cccc(C)n2)cc1. The van der Waals surface area contributed by atoms with Gasteiger partial charge in [-0.3, -0.25) is 4.79 Å². The minimum atomic E-state index is -0.0761. The molecule has 0 aliphatic rings. The van der Waals surface area contributed by atoms with Crippen LogP contribution < -0.4 is 10.1 Å². The summed E-state index contributed by atoms with van der Waals surface area (Å²) < 4.78 is 5.05. The molecule has 0 bridgehead atoms. The van der Waals surface area contributed by atoms with Crippen LogP contribution in [0.1, 0.15) is 16.1 Å². The van der Waals surface area contributed by atoms with Crippen molar-refractivity contribution < 1.29 is 9.53 Å². The molecule has 2 aromatic rings. The maximum Gasteiger partial charge on any atom is 0.187 e. The number of anilines is 1. The Morgan fingerprint density at radius 1 is 1.20 bits per heavy atom. The highest BCUT2D eigenvalue weighted by molar-refractivity contribution is 6.04. The highest BCUT2D eigenvalue weighted by atomic mass is 16.5. The van der Waals surface area contributed by atoms with E-state index in [0.29, 0.717) is 11.4 Å². The molecule has 0 amide bonds. The lowest BCUT2D eigenvalue weighted by molar-refractivity contribution is 0.104. The van der Waals surface area contributed by atoms with Gasteiger partial charge in [0.2, 0.25) is 0 Å². The molecule has 1 heterocycles. The fourth-order valence-electron chi connectivity index (χ4n) is 1.68. The van der Waals surface area contributed by atoms with Crippen LogP contribution in [-0.4, -0.2) is 17.9 Å². The molecule has 0 saturated heterocycles. The summed E-state index contributed by atoms with van der Waals surface area (Å²) in [6, 6.07) is 12.6. The zero-order chi connectivity index (χ0) is 14.4. The first-order valence-corrected chi connectivity index (χ1v) is 6.24. The largest absolute Gasteiger partial charge is 0.497 e. The summed E-state index contributed by atoms with van der Waals surface area (Å²) in [4.78, 5) is 16.2. The molecule has 0 unspecified atom stereocenters. The van der Waals surface area contributed by atoms with Crippen LogP contribution in [0.4, 0.5) is 5.82 Å². The summed E-state index contributed by atoms with van der Waals surface area (Å²) in [5.74, 6) is 1.37. The predicted octanol–water partition coefficient (Wildman–Crippen LogP) is 3.21. The Kier molecular flexibility index (Phi) is 4.50. The van der Waals surface area contributed by atoms with Crippen molar-refractivity contribution in [3.8, 4) is 5.75 Å². The molecule has 1 aromatic carbocycles. The van der Waals surface area contributed by atoms with Gasteiger partial charge in [-0.05, 0) is 43.3 Å². The number of ketones is 1. The third kappa shape index (κ3) is 3.68. The normalized spacial score (nSPS) is 10.5. The van der Waals surface area contributed by atoms with E-state index >= 15 is 0 Å². The van der Waals surface area contributed by atoms with Crippen molar-refractivity contribution in [3.63, 3.8) is 0 Å². The van der Waals surface area contributed by atoms with Crippen molar-refractivity contribution in [2.24, 2.45) is 0 Å². The molecule has 0 atom stereocenters. The zero-order valence-corrected chi connectivity index (χ0v) is 11.5. The predicted molar refractivity (Wildman–Crippen MR) is 79.1 cm³/mol. The van der Waals surface area contributed by atoms with Crippen molar-refractivity contribution >= 4 is 11.6 Å². The number of methoxy groups -OCH3 is 1. The Balaban J connectivity index is 1.98. The number of aryl methyl sites for hydroxylation is 1. The van der Waals surface area contributed by atoms with Crippen LogP contribution >= 0.6 is 0 Å². The first-order chi connectivity index (χ1) is 9.69. The van der Waals surface area contributed by atoms with Crippen molar-refractivity contribution in [2.75, 3.05) is 12.4 Å². The summed E-state index contributed by atoms with van der Waals surface area (Å²) in [5, 5.41) is 2.97. The minimum Gasteiger partial charge on any atom is -0.497 e. The molecule has 0 aliphatic carbocycles. The fourth-order valence-corrected chi connectivity index (χ4v) is 1.68. The Bertz CT molecular complexity index is 619. The molecule has 2 rings (SSSR count). The van der Waals surface area contributed by atoms with E-state index in [-0.39, 0.29) is 5.78 Å². The number of nitrogens with one attached hydrogen (secondary N) is 1. The zero-order valence-electron chi connectivity index (χ0n) is 11.5. The second kappa shape index (κ2) is 6.52. The van der Waals surface area contributed by atoms with E-state index in [1.165, 1.54) is 6.08 Å². The van der Waals surface area contributed by atoms with Gasteiger partial charge < -0.3 is 10.1 Å².